The van der Waals surface area contributed by atoms with E-state index in [-0.39, 0.29) is 138 Å². The van der Waals surface area contributed by atoms with E-state index in [9.17, 15) is 19.2 Å². The number of carbonyl (C=O) groups excluding carboxylic acids is 4. The number of nitrogens with two attached hydrogens (primary N) is 2. The summed E-state index contributed by atoms with van der Waals surface area (Å²) in [5.74, 6) is -0.697. The van der Waals surface area contributed by atoms with Gasteiger partial charge in [-0.15, -0.1) is 22.7 Å². The zero-order chi connectivity index (χ0) is 51.3. The standard InChI is InChI=1S/C10H10N2O2S.C8H6N2O2S.C7H5NOS.C6H3ClN2.C4H8O2S.CH2O3.3Na.HO4P.H2O.4H2.H/c1-2-14-10(13)8-7(11)6-4-3-5-12-9(6)15-8;9-5-4-2-1-3-10-7(4)13-6(5)8(11)12;9-6-4-10-7-5(6)2-1-3-8-7;1-8-5-3-2-4-9-6(5)7;1-2-6-4(5)3-7;2-1-4-3;;;;1-4-5(2)3;;;;;;/h3-5H,2,11H2,1H3;1-3H,9H2,(H,11,12);1-3H,4H2;2-4H;7H,2-3H2,1H3;1,3H;;;;1H;1H2;4*1H;/q;;;;;;3*+1;;;;;;;-1/p-2/i;;;;;;;;;;;2*1+1D;1+1;;. The van der Waals surface area contributed by atoms with E-state index in [1.807, 2.05) is 12.1 Å². The number of fused-ring (bicyclic) bond motifs is 3. The first kappa shape index (κ1) is 66.1. The molecule has 0 spiro atoms. The molecule has 0 saturated carbocycles. The van der Waals surface area contributed by atoms with Crippen LogP contribution in [0.3, 0.4) is 0 Å². The number of rotatable bonds is 7. The fourth-order valence-electron chi connectivity index (χ4n) is 4.01. The van der Waals surface area contributed by atoms with Crippen LogP contribution in [-0.2, 0) is 33.2 Å². The van der Waals surface area contributed by atoms with E-state index in [4.69, 9.17) is 70.2 Å². The van der Waals surface area contributed by atoms with Gasteiger partial charge in [-0.1, -0.05) is 35.5 Å². The van der Waals surface area contributed by atoms with E-state index >= 15 is 0 Å². The maximum atomic E-state index is 11.5. The fraction of sp³-hybridized carbons (Fsp3) is 0.167. The number of carboxylic acid groups (broad SMARTS) is 1. The molecule has 0 aromatic carbocycles. The summed E-state index contributed by atoms with van der Waals surface area (Å²) in [6.45, 7) is 10.7. The number of nitrogen functional groups attached to an aromatic ring is 2. The van der Waals surface area contributed by atoms with E-state index in [2.05, 4.69) is 51.7 Å². The molecule has 7 N–H and O–H groups in total. The number of aromatic carboxylic acids is 1. The summed E-state index contributed by atoms with van der Waals surface area (Å²) in [7, 11) is -3.04. The third kappa shape index (κ3) is 26.0. The number of esters is 2. The number of hydrogen-bond acceptors (Lipinski definition) is 24. The SMILES string of the molecule is CCOC(=O)CS.CCOC(=O)c1sc2ncccc2c1N.Nc1c(C(=O)O)sc2ncccc12.O=C1CSc2ncccc21.O=CO[O-].O=[P+]([O-])OO.[2HH].[2H][2H].[2H][2H].[C-]#[N+]c1cccnc1Cl.[H-].[HH].[Na+].[Na+].[Na+].[OH-]. The molecule has 0 amide bonds. The van der Waals surface area contributed by atoms with Crippen molar-refractivity contribution in [3.63, 3.8) is 0 Å². The molecule has 0 fully saturated rings. The Morgan fingerprint density at radius 3 is 1.82 bits per heavy atom. The molecule has 0 radical (unpaired) electrons. The molecule has 7 rings (SSSR count). The zero-order valence-electron chi connectivity index (χ0n) is 41.0. The summed E-state index contributed by atoms with van der Waals surface area (Å²) in [6.07, 6.45) is 6.55. The normalized spacial score (nSPS) is 10.1. The number of thiophene rings is 2. The van der Waals surface area contributed by atoms with Gasteiger partial charge in [-0.3, -0.25) is 19.4 Å². The number of halogens is 1. The largest absolute Gasteiger partial charge is 1.00 e. The Morgan fingerprint density at radius 2 is 1.43 bits per heavy atom. The van der Waals surface area contributed by atoms with Crippen molar-refractivity contribution >= 4 is 135 Å². The van der Waals surface area contributed by atoms with Crippen molar-refractivity contribution in [2.75, 3.05) is 36.2 Å². The molecular weight excluding hydrogens is 1030 g/mol. The number of hydrogen-bond donors (Lipinski definition) is 5. The molecule has 1 atom stereocenters. The summed E-state index contributed by atoms with van der Waals surface area (Å²) in [6, 6.07) is 14.1. The van der Waals surface area contributed by atoms with Crippen LogP contribution in [0.5, 0.6) is 0 Å². The van der Waals surface area contributed by atoms with Gasteiger partial charge in [0.2, 0.25) is 5.69 Å². The van der Waals surface area contributed by atoms with E-state index in [0.29, 0.717) is 51.1 Å². The van der Waals surface area contributed by atoms with Crippen molar-refractivity contribution in [2.24, 2.45) is 0 Å². The number of carboxylic acids is 1. The monoisotopic (exact) mass is 1080 g/mol. The number of thioether (sulfide) groups is 1. The van der Waals surface area contributed by atoms with Gasteiger partial charge in [0.15, 0.2) is 5.78 Å². The Kier molecular flexibility index (Phi) is 40.4. The summed E-state index contributed by atoms with van der Waals surface area (Å²) in [4.78, 5) is 84.6. The van der Waals surface area contributed by atoms with Crippen molar-refractivity contribution in [1.29, 1.82) is 0 Å². The second-order valence-electron chi connectivity index (χ2n) is 10.4. The van der Waals surface area contributed by atoms with E-state index in [1.54, 1.807) is 75.0 Å². The van der Waals surface area contributed by atoms with Gasteiger partial charge in [0.1, 0.15) is 29.6 Å². The van der Waals surface area contributed by atoms with Crippen molar-refractivity contribution in [1.82, 2.24) is 19.9 Å². The molecule has 1 aliphatic heterocycles. The van der Waals surface area contributed by atoms with Crippen LogP contribution in [0.15, 0.2) is 78.3 Å². The van der Waals surface area contributed by atoms with Gasteiger partial charge in [-0.05, 0) is 54.8 Å². The van der Waals surface area contributed by atoms with Crippen LogP contribution in [0.1, 0.15) is 53.8 Å². The van der Waals surface area contributed by atoms with Gasteiger partial charge in [0.25, 0.3) is 6.47 Å². The minimum absolute atomic E-state index is 0. The second kappa shape index (κ2) is 40.9. The average molecular weight is 1080 g/mol. The topological polar surface area (TPSA) is 364 Å². The Balaban J connectivity index is -0.0000000956. The predicted octanol–water partition coefficient (Wildman–Crippen LogP) is -2.37. The van der Waals surface area contributed by atoms with Gasteiger partial charge >= 0.3 is 115 Å². The van der Waals surface area contributed by atoms with Crippen LogP contribution in [-0.4, -0.2) is 90.7 Å². The van der Waals surface area contributed by atoms with Crippen LogP contribution < -0.4 is 110 Å². The zero-order valence-corrected chi connectivity index (χ0v) is 47.0. The molecule has 7 heterocycles. The summed E-state index contributed by atoms with van der Waals surface area (Å²) in [5.41, 5.74) is 13.4. The number of Topliss-reactive ketones (excluding diaryl/α,β-unsaturated/α-hetero) is 1. The van der Waals surface area contributed by atoms with Crippen molar-refractivity contribution in [3.05, 3.63) is 105 Å². The number of thiol groups is 1. The number of ether oxygens (including phenoxy) is 2. The molecule has 1 aliphatic rings. The molecule has 352 valence electrons. The molecule has 0 bridgehead atoms. The van der Waals surface area contributed by atoms with Crippen molar-refractivity contribution in [2.45, 2.75) is 18.9 Å². The Labute approximate surface area is 482 Å². The number of carbonyl (C=O) groups is 5. The van der Waals surface area contributed by atoms with E-state index in [1.165, 1.54) is 23.1 Å². The third-order valence-corrected chi connectivity index (χ3v) is 10.4. The van der Waals surface area contributed by atoms with Crippen LogP contribution in [0.25, 0.3) is 25.3 Å². The second-order valence-corrected chi connectivity index (χ2v) is 14.6. The minimum Gasteiger partial charge on any atom is -1.00 e. The number of ketones is 1. The van der Waals surface area contributed by atoms with Crippen LogP contribution >= 0.6 is 66.9 Å². The molecule has 6 aromatic heterocycles. The van der Waals surface area contributed by atoms with Crippen LogP contribution in [0, 0.1) is 6.57 Å². The van der Waals surface area contributed by atoms with E-state index < -0.39 is 14.2 Å². The van der Waals surface area contributed by atoms with Gasteiger partial charge in [-0.25, -0.2) is 34.6 Å². The van der Waals surface area contributed by atoms with Gasteiger partial charge in [-0.2, -0.15) is 12.6 Å². The molecule has 1 unspecified atom stereocenters. The first-order valence-electron chi connectivity index (χ1n) is 18.9. The third-order valence-electron chi connectivity index (χ3n) is 6.48. The minimum atomic E-state index is -3.04. The molecule has 67 heavy (non-hydrogen) atoms. The van der Waals surface area contributed by atoms with Gasteiger partial charge < -0.3 is 48.0 Å². The number of anilines is 2. The molecule has 6 aromatic rings. The maximum absolute atomic E-state index is 11.5. The Bertz CT molecular complexity index is 2540. The number of pyridine rings is 4. The Morgan fingerprint density at radius 1 is 0.970 bits per heavy atom. The first-order chi connectivity index (χ1) is 32.1. The summed E-state index contributed by atoms with van der Waals surface area (Å²) < 4.78 is 41.0. The summed E-state index contributed by atoms with van der Waals surface area (Å²) in [5, 5.41) is 26.9. The molecule has 0 saturated heterocycles. The molecule has 31 heteroatoms. The fourth-order valence-corrected chi connectivity index (χ4v) is 7.01. The van der Waals surface area contributed by atoms with Crippen LogP contribution in [0.2, 0.25) is 5.15 Å². The summed E-state index contributed by atoms with van der Waals surface area (Å²) >= 11 is 13.0. The molecule has 0 aliphatic carbocycles. The van der Waals surface area contributed by atoms with Gasteiger partial charge in [0.05, 0.1) is 48.2 Å². The maximum Gasteiger partial charge on any atom is 1.00 e. The smallest absolute Gasteiger partial charge is 1.00 e. The quantitative estimate of drug-likeness (QED) is 0.0128. The Hall–Kier alpha value is -2.95. The molecular formula is C36H44ClN7Na3O15PS4. The van der Waals surface area contributed by atoms with Crippen LogP contribution in [0.4, 0.5) is 17.1 Å². The van der Waals surface area contributed by atoms with E-state index in [0.717, 1.165) is 32.1 Å². The number of aromatic nitrogens is 4. The number of nitrogens with zero attached hydrogens (tertiary/aromatic N) is 5. The van der Waals surface area contributed by atoms with Gasteiger partial charge in [0, 0.05) is 49.0 Å². The predicted molar refractivity (Wildman–Crippen MR) is 246 cm³/mol. The average Bonchev–Trinajstić information content (AvgIpc) is 4.03. The molecule has 22 nitrogen and oxygen atoms in total. The van der Waals surface area contributed by atoms with Crippen molar-refractivity contribution in [3.8, 4) is 0 Å². The first-order valence-corrected chi connectivity index (χ1v) is 21.6. The van der Waals surface area contributed by atoms with Crippen molar-refractivity contribution < 1.29 is 172 Å².